The molecule has 2 aromatic carbocycles. The van der Waals surface area contributed by atoms with E-state index in [1.54, 1.807) is 24.3 Å². The molecule has 0 saturated carbocycles. The molecule has 134 valence electrons. The minimum Gasteiger partial charge on any atom is -0.334 e. The highest BCUT2D eigenvalue weighted by molar-refractivity contribution is 7.13. The van der Waals surface area contributed by atoms with Gasteiger partial charge in [0.15, 0.2) is 0 Å². The topological polar surface area (TPSA) is 33.2 Å². The van der Waals surface area contributed by atoms with Gasteiger partial charge in [0.05, 0.1) is 5.69 Å². The van der Waals surface area contributed by atoms with Gasteiger partial charge in [-0.2, -0.15) is 13.2 Å². The van der Waals surface area contributed by atoms with Crippen LogP contribution in [0.4, 0.5) is 13.2 Å². The van der Waals surface area contributed by atoms with Crippen LogP contribution in [0.2, 0.25) is 0 Å². The lowest BCUT2D eigenvalue weighted by Crippen LogP contribution is -2.37. The molecule has 1 heterocycles. The number of carbonyl (C=O) groups excluding carboxylic acids is 1. The highest BCUT2D eigenvalue weighted by Crippen LogP contribution is 2.29. The zero-order valence-electron chi connectivity index (χ0n) is 13.8. The molecule has 0 radical (unpaired) electrons. The summed E-state index contributed by atoms with van der Waals surface area (Å²) in [6.07, 6.45) is -4.86. The van der Waals surface area contributed by atoms with E-state index >= 15 is 0 Å². The molecule has 3 nitrogen and oxygen atoms in total. The molecular formula is C19H15F3N2OS. The first-order chi connectivity index (χ1) is 12.3. The Kier molecular flexibility index (Phi) is 5.08. The van der Waals surface area contributed by atoms with Crippen LogP contribution in [0.25, 0.3) is 21.8 Å². The summed E-state index contributed by atoms with van der Waals surface area (Å²) in [5.41, 5.74) is 3.33. The van der Waals surface area contributed by atoms with Gasteiger partial charge in [-0.15, -0.1) is 11.3 Å². The molecule has 0 saturated heterocycles. The summed E-state index contributed by atoms with van der Waals surface area (Å²) >= 11 is 1.53. The average Bonchev–Trinajstić information content (AvgIpc) is 3.12. The normalized spacial score (nSPS) is 11.4. The maximum absolute atomic E-state index is 12.4. The number of carbonyl (C=O) groups is 1. The largest absolute Gasteiger partial charge is 0.471 e. The second kappa shape index (κ2) is 7.29. The van der Waals surface area contributed by atoms with E-state index in [0.29, 0.717) is 10.5 Å². The Balaban J connectivity index is 1.72. The maximum Gasteiger partial charge on any atom is 0.471 e. The summed E-state index contributed by atoms with van der Waals surface area (Å²) in [6.45, 7) is -0.106. The first-order valence-corrected chi connectivity index (χ1v) is 8.65. The number of benzene rings is 2. The van der Waals surface area contributed by atoms with E-state index in [0.717, 1.165) is 28.9 Å². The van der Waals surface area contributed by atoms with Crippen molar-refractivity contribution in [3.63, 3.8) is 0 Å². The van der Waals surface area contributed by atoms with E-state index in [4.69, 9.17) is 0 Å². The Bertz CT molecular complexity index is 889. The molecule has 0 fully saturated rings. The summed E-state index contributed by atoms with van der Waals surface area (Å²) < 4.78 is 37.3. The third-order valence-electron chi connectivity index (χ3n) is 3.78. The highest BCUT2D eigenvalue weighted by Gasteiger charge is 2.41. The van der Waals surface area contributed by atoms with E-state index in [9.17, 15) is 18.0 Å². The minimum atomic E-state index is -4.86. The third-order valence-corrected chi connectivity index (χ3v) is 4.67. The monoisotopic (exact) mass is 376 g/mol. The van der Waals surface area contributed by atoms with Gasteiger partial charge in [0.25, 0.3) is 0 Å². The molecule has 0 aliphatic heterocycles. The highest BCUT2D eigenvalue weighted by atomic mass is 32.1. The third kappa shape index (κ3) is 4.11. The Labute approximate surface area is 152 Å². The zero-order chi connectivity index (χ0) is 18.7. The van der Waals surface area contributed by atoms with Crippen molar-refractivity contribution < 1.29 is 18.0 Å². The van der Waals surface area contributed by atoms with Crippen molar-refractivity contribution in [2.45, 2.75) is 12.7 Å². The maximum atomic E-state index is 12.4. The number of thiazole rings is 1. The van der Waals surface area contributed by atoms with Gasteiger partial charge in [-0.05, 0) is 5.56 Å². The lowest BCUT2D eigenvalue weighted by Gasteiger charge is -2.18. The molecule has 1 amide bonds. The van der Waals surface area contributed by atoms with Crippen LogP contribution < -0.4 is 0 Å². The number of alkyl halides is 3. The van der Waals surface area contributed by atoms with Crippen LogP contribution in [-0.4, -0.2) is 29.0 Å². The Morgan fingerprint density at radius 2 is 1.69 bits per heavy atom. The van der Waals surface area contributed by atoms with Crippen molar-refractivity contribution >= 4 is 17.2 Å². The number of aromatic nitrogens is 1. The van der Waals surface area contributed by atoms with Crippen molar-refractivity contribution in [3.8, 4) is 21.8 Å². The molecule has 0 N–H and O–H groups in total. The molecule has 7 heteroatoms. The van der Waals surface area contributed by atoms with Gasteiger partial charge >= 0.3 is 12.1 Å². The lowest BCUT2D eigenvalue weighted by molar-refractivity contribution is -0.184. The number of hydrogen-bond donors (Lipinski definition) is 0. The standard InChI is InChI=1S/C19H15F3N2OS/c1-24(18(25)19(20,21)22)11-13-7-9-14(10-8-13)16-12-26-17(23-16)15-5-3-2-4-6-15/h2-10,12H,11H2,1H3. The van der Waals surface area contributed by atoms with Crippen molar-refractivity contribution in [3.05, 3.63) is 65.5 Å². The molecule has 1 aromatic heterocycles. The fraction of sp³-hybridized carbons (Fsp3) is 0.158. The number of nitrogens with zero attached hydrogens (tertiary/aromatic N) is 2. The predicted octanol–water partition coefficient (Wildman–Crippen LogP) is 5.00. The molecule has 26 heavy (non-hydrogen) atoms. The van der Waals surface area contributed by atoms with Gasteiger partial charge in [0.1, 0.15) is 5.01 Å². The van der Waals surface area contributed by atoms with E-state index in [2.05, 4.69) is 4.98 Å². The molecule has 0 spiro atoms. The summed E-state index contributed by atoms with van der Waals surface area (Å²) in [4.78, 5) is 16.5. The van der Waals surface area contributed by atoms with Gasteiger partial charge in [0.2, 0.25) is 0 Å². The number of rotatable bonds is 4. The quantitative estimate of drug-likeness (QED) is 0.642. The van der Waals surface area contributed by atoms with E-state index in [1.165, 1.54) is 11.3 Å². The van der Waals surface area contributed by atoms with Crippen LogP contribution in [0.5, 0.6) is 0 Å². The van der Waals surface area contributed by atoms with Gasteiger partial charge in [-0.25, -0.2) is 4.98 Å². The van der Waals surface area contributed by atoms with Gasteiger partial charge in [0, 0.05) is 30.1 Å². The lowest BCUT2D eigenvalue weighted by atomic mass is 10.1. The average molecular weight is 376 g/mol. The van der Waals surface area contributed by atoms with Crippen LogP contribution in [-0.2, 0) is 11.3 Å². The van der Waals surface area contributed by atoms with Crippen LogP contribution in [0.3, 0.4) is 0 Å². The van der Waals surface area contributed by atoms with Gasteiger partial charge in [-0.3, -0.25) is 4.79 Å². The Hall–Kier alpha value is -2.67. The van der Waals surface area contributed by atoms with Crippen LogP contribution in [0.1, 0.15) is 5.56 Å². The molecule has 3 rings (SSSR count). The molecule has 0 bridgehead atoms. The van der Waals surface area contributed by atoms with Crippen LogP contribution in [0.15, 0.2) is 60.0 Å². The SMILES string of the molecule is CN(Cc1ccc(-c2csc(-c3ccccc3)n2)cc1)C(=O)C(F)(F)F. The van der Waals surface area contributed by atoms with Crippen molar-refractivity contribution in [2.75, 3.05) is 7.05 Å². The van der Waals surface area contributed by atoms with Crippen molar-refractivity contribution in [1.82, 2.24) is 9.88 Å². The fourth-order valence-electron chi connectivity index (χ4n) is 2.46. The second-order valence-electron chi connectivity index (χ2n) is 5.76. The minimum absolute atomic E-state index is 0.106. The Morgan fingerprint density at radius 1 is 1.04 bits per heavy atom. The van der Waals surface area contributed by atoms with Gasteiger partial charge in [-0.1, -0.05) is 54.6 Å². The van der Waals surface area contributed by atoms with E-state index in [1.807, 2.05) is 35.7 Å². The van der Waals surface area contributed by atoms with Crippen molar-refractivity contribution in [1.29, 1.82) is 0 Å². The fourth-order valence-corrected chi connectivity index (χ4v) is 3.30. The second-order valence-corrected chi connectivity index (χ2v) is 6.62. The van der Waals surface area contributed by atoms with Crippen LogP contribution in [0, 0.1) is 0 Å². The number of halogens is 3. The first-order valence-electron chi connectivity index (χ1n) is 7.77. The zero-order valence-corrected chi connectivity index (χ0v) is 14.6. The number of hydrogen-bond acceptors (Lipinski definition) is 3. The smallest absolute Gasteiger partial charge is 0.334 e. The summed E-state index contributed by atoms with van der Waals surface area (Å²) in [5.74, 6) is -1.85. The first kappa shape index (κ1) is 18.1. The van der Waals surface area contributed by atoms with Crippen molar-refractivity contribution in [2.24, 2.45) is 0 Å². The molecular weight excluding hydrogens is 361 g/mol. The summed E-state index contributed by atoms with van der Waals surface area (Å²) in [7, 11) is 1.14. The van der Waals surface area contributed by atoms with Gasteiger partial charge < -0.3 is 4.90 Å². The van der Waals surface area contributed by atoms with E-state index in [-0.39, 0.29) is 6.54 Å². The molecule has 0 unspecified atom stereocenters. The van der Waals surface area contributed by atoms with E-state index < -0.39 is 12.1 Å². The molecule has 3 aromatic rings. The molecule has 0 atom stereocenters. The predicted molar refractivity (Wildman–Crippen MR) is 95.5 cm³/mol. The summed E-state index contributed by atoms with van der Waals surface area (Å²) in [5, 5.41) is 2.84. The van der Waals surface area contributed by atoms with Crippen LogP contribution >= 0.6 is 11.3 Å². The summed E-state index contributed by atoms with van der Waals surface area (Å²) in [6, 6.07) is 16.8. The molecule has 0 aliphatic rings. The Morgan fingerprint density at radius 3 is 2.31 bits per heavy atom. The number of amides is 1. The molecule has 0 aliphatic carbocycles.